The minimum Gasteiger partial charge on any atom is -0.506 e. The molecule has 0 saturated heterocycles. The van der Waals surface area contributed by atoms with Crippen LogP contribution in [0.5, 0.6) is 5.75 Å². The van der Waals surface area contributed by atoms with Crippen LogP contribution in [0, 0.1) is 6.92 Å². The number of aromatic nitrogens is 1. The average molecular weight is 268 g/mol. The van der Waals surface area contributed by atoms with Crippen molar-refractivity contribution in [3.05, 3.63) is 53.3 Å². The van der Waals surface area contributed by atoms with Crippen LogP contribution in [0.3, 0.4) is 0 Å². The van der Waals surface area contributed by atoms with Gasteiger partial charge in [0.2, 0.25) is 0 Å². The molecule has 0 spiro atoms. The maximum absolute atomic E-state index is 12.6. The highest BCUT2D eigenvalue weighted by Gasteiger charge is 2.26. The number of amides is 1. The molecule has 2 heterocycles. The maximum Gasteiger partial charge on any atom is 0.259 e. The molecule has 4 heteroatoms. The zero-order valence-electron chi connectivity index (χ0n) is 11.3. The molecule has 1 N–H and O–H groups in total. The van der Waals surface area contributed by atoms with Crippen LogP contribution in [0.1, 0.15) is 27.9 Å². The number of pyridine rings is 1. The molecule has 0 unspecified atom stereocenters. The molecule has 1 aromatic carbocycles. The lowest BCUT2D eigenvalue weighted by atomic mass is 10.00. The van der Waals surface area contributed by atoms with Gasteiger partial charge in [-0.2, -0.15) is 0 Å². The van der Waals surface area contributed by atoms with Crippen LogP contribution < -0.4 is 4.90 Å². The summed E-state index contributed by atoms with van der Waals surface area (Å²) in [5.41, 5.74) is 3.17. The summed E-state index contributed by atoms with van der Waals surface area (Å²) >= 11 is 0. The molecule has 2 aromatic rings. The summed E-state index contributed by atoms with van der Waals surface area (Å²) in [5.74, 6) is 0.0554. The van der Waals surface area contributed by atoms with E-state index >= 15 is 0 Å². The highest BCUT2D eigenvalue weighted by molar-refractivity contribution is 6.07. The second-order valence-corrected chi connectivity index (χ2v) is 5.10. The van der Waals surface area contributed by atoms with E-state index in [1.165, 1.54) is 0 Å². The third-order valence-corrected chi connectivity index (χ3v) is 3.56. The summed E-state index contributed by atoms with van der Waals surface area (Å²) < 4.78 is 0. The first-order chi connectivity index (χ1) is 9.66. The van der Waals surface area contributed by atoms with E-state index in [1.54, 1.807) is 23.4 Å². The number of hydrogen-bond donors (Lipinski definition) is 1. The molecule has 1 aromatic heterocycles. The monoisotopic (exact) mass is 268 g/mol. The van der Waals surface area contributed by atoms with Gasteiger partial charge in [-0.1, -0.05) is 12.1 Å². The van der Waals surface area contributed by atoms with Crippen LogP contribution in [0.4, 0.5) is 5.69 Å². The van der Waals surface area contributed by atoms with Gasteiger partial charge in [-0.15, -0.1) is 0 Å². The highest BCUT2D eigenvalue weighted by atomic mass is 16.3. The predicted molar refractivity (Wildman–Crippen MR) is 77.1 cm³/mol. The first-order valence-corrected chi connectivity index (χ1v) is 6.71. The van der Waals surface area contributed by atoms with Gasteiger partial charge in [-0.25, -0.2) is 0 Å². The van der Waals surface area contributed by atoms with Gasteiger partial charge in [0.05, 0.1) is 11.3 Å². The number of phenolic OH excluding ortho intramolecular Hbond substituents is 1. The molecular formula is C16H16N2O2. The second-order valence-electron chi connectivity index (χ2n) is 5.10. The molecule has 20 heavy (non-hydrogen) atoms. The number of anilines is 1. The molecule has 0 fully saturated rings. The Balaban J connectivity index is 2.03. The van der Waals surface area contributed by atoms with Crippen molar-refractivity contribution in [2.45, 2.75) is 19.8 Å². The fourth-order valence-electron chi connectivity index (χ4n) is 2.66. The number of fused-ring (bicyclic) bond motifs is 1. The summed E-state index contributed by atoms with van der Waals surface area (Å²) in [5, 5.41) is 10.1. The zero-order chi connectivity index (χ0) is 14.1. The van der Waals surface area contributed by atoms with Gasteiger partial charge >= 0.3 is 0 Å². The van der Waals surface area contributed by atoms with Crippen molar-refractivity contribution in [3.8, 4) is 5.75 Å². The number of carbonyl (C=O) groups is 1. The van der Waals surface area contributed by atoms with Gasteiger partial charge in [0, 0.05) is 18.9 Å². The number of hydrogen-bond acceptors (Lipinski definition) is 3. The number of para-hydroxylation sites is 1. The molecular weight excluding hydrogens is 252 g/mol. The molecule has 102 valence electrons. The first kappa shape index (κ1) is 12.7. The Morgan fingerprint density at radius 3 is 3.00 bits per heavy atom. The number of carbonyl (C=O) groups excluding carboxylic acids is 1. The van der Waals surface area contributed by atoms with Crippen molar-refractivity contribution in [3.63, 3.8) is 0 Å². The fourth-order valence-corrected chi connectivity index (χ4v) is 2.66. The summed E-state index contributed by atoms with van der Waals surface area (Å²) in [6, 6.07) is 7.22. The second kappa shape index (κ2) is 4.96. The third-order valence-electron chi connectivity index (χ3n) is 3.56. The number of benzene rings is 1. The van der Waals surface area contributed by atoms with Crippen molar-refractivity contribution in [2.24, 2.45) is 0 Å². The third kappa shape index (κ3) is 2.13. The Hall–Kier alpha value is -2.36. The largest absolute Gasteiger partial charge is 0.506 e. The topological polar surface area (TPSA) is 53.4 Å². The number of aryl methyl sites for hydroxylation is 2. The van der Waals surface area contributed by atoms with E-state index in [0.29, 0.717) is 17.8 Å². The normalized spacial score (nSPS) is 13.9. The molecule has 0 saturated carbocycles. The van der Waals surface area contributed by atoms with Gasteiger partial charge in [0.25, 0.3) is 5.91 Å². The minimum absolute atomic E-state index is 0.108. The van der Waals surface area contributed by atoms with Crippen molar-refractivity contribution >= 4 is 11.6 Å². The molecule has 3 rings (SSSR count). The Bertz CT molecular complexity index is 667. The predicted octanol–water partition coefficient (Wildman–Crippen LogP) is 2.69. The van der Waals surface area contributed by atoms with Crippen LogP contribution in [0.25, 0.3) is 0 Å². The first-order valence-electron chi connectivity index (χ1n) is 6.71. The summed E-state index contributed by atoms with van der Waals surface area (Å²) in [6.07, 6.45) is 5.09. The van der Waals surface area contributed by atoms with Crippen LogP contribution in [0.15, 0.2) is 36.7 Å². The van der Waals surface area contributed by atoms with Crippen LogP contribution in [-0.2, 0) is 6.42 Å². The summed E-state index contributed by atoms with van der Waals surface area (Å²) in [6.45, 7) is 2.53. The standard InChI is InChI=1S/C16H16N2O2/c1-11-8-13(10-17-9-11)16(20)18-7-3-5-12-4-2-6-14(19)15(12)18/h2,4,6,8-10,19H,3,5,7H2,1H3. The van der Waals surface area contributed by atoms with Crippen molar-refractivity contribution < 1.29 is 9.90 Å². The van der Waals surface area contributed by atoms with E-state index in [2.05, 4.69) is 4.98 Å². The number of phenols is 1. The Kier molecular flexibility index (Phi) is 3.14. The highest BCUT2D eigenvalue weighted by Crippen LogP contribution is 2.36. The van der Waals surface area contributed by atoms with E-state index < -0.39 is 0 Å². The smallest absolute Gasteiger partial charge is 0.259 e. The SMILES string of the molecule is Cc1cncc(C(=O)N2CCCc3cccc(O)c32)c1. The Labute approximate surface area is 117 Å². The number of aromatic hydroxyl groups is 1. The fraction of sp³-hybridized carbons (Fsp3) is 0.250. The lowest BCUT2D eigenvalue weighted by Gasteiger charge is -2.30. The molecule has 4 nitrogen and oxygen atoms in total. The molecule has 1 aliphatic rings. The van der Waals surface area contributed by atoms with Crippen LogP contribution in [0.2, 0.25) is 0 Å². The van der Waals surface area contributed by atoms with Gasteiger partial charge in [-0.05, 0) is 43.0 Å². The van der Waals surface area contributed by atoms with Gasteiger partial charge < -0.3 is 10.0 Å². The summed E-state index contributed by atoms with van der Waals surface area (Å²) in [7, 11) is 0. The van der Waals surface area contributed by atoms with E-state index in [-0.39, 0.29) is 11.7 Å². The zero-order valence-corrected chi connectivity index (χ0v) is 11.3. The average Bonchev–Trinajstić information content (AvgIpc) is 2.46. The van der Waals surface area contributed by atoms with E-state index in [1.807, 2.05) is 25.1 Å². The molecule has 1 amide bonds. The molecule has 0 atom stereocenters. The number of nitrogens with zero attached hydrogens (tertiary/aromatic N) is 2. The summed E-state index contributed by atoms with van der Waals surface area (Å²) in [4.78, 5) is 18.4. The van der Waals surface area contributed by atoms with Gasteiger partial charge in [0.1, 0.15) is 5.75 Å². The van der Waals surface area contributed by atoms with E-state index in [9.17, 15) is 9.90 Å². The maximum atomic E-state index is 12.6. The van der Waals surface area contributed by atoms with Crippen LogP contribution in [-0.4, -0.2) is 22.5 Å². The Morgan fingerprint density at radius 2 is 2.20 bits per heavy atom. The molecule has 0 aliphatic carbocycles. The lowest BCUT2D eigenvalue weighted by Crippen LogP contribution is -2.35. The van der Waals surface area contributed by atoms with Crippen molar-refractivity contribution in [1.82, 2.24) is 4.98 Å². The van der Waals surface area contributed by atoms with E-state index in [0.717, 1.165) is 24.0 Å². The van der Waals surface area contributed by atoms with Gasteiger partial charge in [-0.3, -0.25) is 9.78 Å². The van der Waals surface area contributed by atoms with E-state index in [4.69, 9.17) is 0 Å². The molecule has 0 radical (unpaired) electrons. The lowest BCUT2D eigenvalue weighted by molar-refractivity contribution is 0.0984. The van der Waals surface area contributed by atoms with Gasteiger partial charge in [0.15, 0.2) is 0 Å². The Morgan fingerprint density at radius 1 is 1.35 bits per heavy atom. The minimum atomic E-state index is -0.108. The quantitative estimate of drug-likeness (QED) is 0.865. The van der Waals surface area contributed by atoms with Crippen LogP contribution >= 0.6 is 0 Å². The van der Waals surface area contributed by atoms with Crippen molar-refractivity contribution in [1.29, 1.82) is 0 Å². The molecule has 0 bridgehead atoms. The van der Waals surface area contributed by atoms with Crippen molar-refractivity contribution in [2.75, 3.05) is 11.4 Å². The number of rotatable bonds is 1. The molecule has 1 aliphatic heterocycles.